The Kier molecular flexibility index (Phi) is 3.50. The van der Waals surface area contributed by atoms with Gasteiger partial charge in [-0.25, -0.2) is 8.93 Å². The summed E-state index contributed by atoms with van der Waals surface area (Å²) in [5.41, 5.74) is 1.76. The summed E-state index contributed by atoms with van der Waals surface area (Å²) in [7, 11) is -1.25. The standard InChI is InChI=1S/C14H18N2OS/c1-10-7-8-12(18(17)16-14(2,3)4)13-11(10)6-5-9-15-13/h5-9,16H,1-4H3. The van der Waals surface area contributed by atoms with E-state index in [1.807, 2.05) is 52.0 Å². The fraction of sp³-hybridized carbons (Fsp3) is 0.357. The zero-order chi connectivity index (χ0) is 13.3. The highest BCUT2D eigenvalue weighted by Crippen LogP contribution is 2.22. The molecule has 0 aliphatic carbocycles. The van der Waals surface area contributed by atoms with Gasteiger partial charge in [-0.2, -0.15) is 0 Å². The number of benzene rings is 1. The minimum atomic E-state index is -1.25. The van der Waals surface area contributed by atoms with E-state index in [0.717, 1.165) is 21.4 Å². The summed E-state index contributed by atoms with van der Waals surface area (Å²) in [6.07, 6.45) is 1.74. The number of hydrogen-bond acceptors (Lipinski definition) is 2. The van der Waals surface area contributed by atoms with Crippen LogP contribution in [-0.2, 0) is 11.0 Å². The fourth-order valence-corrected chi connectivity index (χ4v) is 2.97. The van der Waals surface area contributed by atoms with Crippen LogP contribution in [0.25, 0.3) is 10.9 Å². The normalized spacial score (nSPS) is 13.8. The van der Waals surface area contributed by atoms with Crippen LogP contribution in [0, 0.1) is 6.92 Å². The van der Waals surface area contributed by atoms with E-state index in [1.165, 1.54) is 0 Å². The SMILES string of the molecule is Cc1ccc(S(=O)NC(C)(C)C)c2ncccc12. The lowest BCUT2D eigenvalue weighted by atomic mass is 10.1. The van der Waals surface area contributed by atoms with Crippen molar-refractivity contribution >= 4 is 21.9 Å². The summed E-state index contributed by atoms with van der Waals surface area (Å²) in [6.45, 7) is 8.02. The van der Waals surface area contributed by atoms with E-state index in [-0.39, 0.29) is 5.54 Å². The second-order valence-electron chi connectivity index (χ2n) is 5.40. The molecule has 3 nitrogen and oxygen atoms in total. The minimum Gasteiger partial charge on any atom is -0.255 e. The molecule has 0 aliphatic rings. The van der Waals surface area contributed by atoms with Crippen molar-refractivity contribution in [3.8, 4) is 0 Å². The van der Waals surface area contributed by atoms with E-state index in [2.05, 4.69) is 9.71 Å². The number of nitrogens with one attached hydrogen (secondary N) is 1. The Balaban J connectivity index is 2.52. The molecule has 1 unspecified atom stereocenters. The number of rotatable bonds is 2. The highest BCUT2D eigenvalue weighted by molar-refractivity contribution is 7.83. The van der Waals surface area contributed by atoms with E-state index < -0.39 is 11.0 Å². The number of hydrogen-bond donors (Lipinski definition) is 1. The molecule has 2 rings (SSSR count). The summed E-state index contributed by atoms with van der Waals surface area (Å²) in [4.78, 5) is 5.10. The van der Waals surface area contributed by atoms with Crippen molar-refractivity contribution in [1.82, 2.24) is 9.71 Å². The summed E-state index contributed by atoms with van der Waals surface area (Å²) in [5, 5.41) is 1.05. The third-order valence-electron chi connectivity index (χ3n) is 2.55. The van der Waals surface area contributed by atoms with Gasteiger partial charge in [-0.05, 0) is 45.4 Å². The first-order valence-corrected chi connectivity index (χ1v) is 7.07. The number of aryl methyl sites for hydroxylation is 1. The first kappa shape index (κ1) is 13.2. The van der Waals surface area contributed by atoms with Gasteiger partial charge in [0.25, 0.3) is 0 Å². The Bertz CT molecular complexity index is 602. The van der Waals surface area contributed by atoms with E-state index >= 15 is 0 Å². The van der Waals surface area contributed by atoms with Gasteiger partial charge in [-0.3, -0.25) is 4.98 Å². The zero-order valence-electron chi connectivity index (χ0n) is 11.2. The predicted molar refractivity (Wildman–Crippen MR) is 75.8 cm³/mol. The number of pyridine rings is 1. The fourth-order valence-electron chi connectivity index (χ4n) is 1.77. The van der Waals surface area contributed by atoms with Crippen molar-refractivity contribution < 1.29 is 4.21 Å². The Morgan fingerprint density at radius 1 is 1.22 bits per heavy atom. The third-order valence-corrected chi connectivity index (χ3v) is 4.08. The number of fused-ring (bicyclic) bond motifs is 1. The maximum absolute atomic E-state index is 12.3. The van der Waals surface area contributed by atoms with Crippen LogP contribution in [0.1, 0.15) is 26.3 Å². The maximum atomic E-state index is 12.3. The largest absolute Gasteiger partial charge is 0.255 e. The van der Waals surface area contributed by atoms with Gasteiger partial charge < -0.3 is 0 Å². The summed E-state index contributed by atoms with van der Waals surface area (Å²) < 4.78 is 15.4. The molecule has 0 spiro atoms. The van der Waals surface area contributed by atoms with Crippen LogP contribution in [0.15, 0.2) is 35.4 Å². The highest BCUT2D eigenvalue weighted by atomic mass is 32.2. The molecule has 0 saturated heterocycles. The summed E-state index contributed by atoms with van der Waals surface area (Å²) in [6, 6.07) is 7.79. The number of nitrogens with zero attached hydrogens (tertiary/aromatic N) is 1. The van der Waals surface area contributed by atoms with Crippen molar-refractivity contribution in [2.75, 3.05) is 0 Å². The van der Waals surface area contributed by atoms with Gasteiger partial charge in [0, 0.05) is 17.1 Å². The first-order chi connectivity index (χ1) is 8.38. The van der Waals surface area contributed by atoms with Crippen molar-refractivity contribution in [3.05, 3.63) is 36.0 Å². The van der Waals surface area contributed by atoms with E-state index in [1.54, 1.807) is 6.20 Å². The molecule has 0 saturated carbocycles. The molecule has 0 bridgehead atoms. The van der Waals surface area contributed by atoms with Crippen molar-refractivity contribution in [3.63, 3.8) is 0 Å². The molecule has 2 aromatic rings. The highest BCUT2D eigenvalue weighted by Gasteiger charge is 2.17. The topological polar surface area (TPSA) is 42.0 Å². The maximum Gasteiger partial charge on any atom is 0.127 e. The Morgan fingerprint density at radius 3 is 2.61 bits per heavy atom. The molecule has 4 heteroatoms. The summed E-state index contributed by atoms with van der Waals surface area (Å²) >= 11 is 0. The smallest absolute Gasteiger partial charge is 0.127 e. The van der Waals surface area contributed by atoms with E-state index in [0.29, 0.717) is 0 Å². The molecule has 1 N–H and O–H groups in total. The Morgan fingerprint density at radius 2 is 1.94 bits per heavy atom. The van der Waals surface area contributed by atoms with Crippen LogP contribution in [0.5, 0.6) is 0 Å². The zero-order valence-corrected chi connectivity index (χ0v) is 12.0. The molecule has 0 amide bonds. The number of aromatic nitrogens is 1. The Hall–Kier alpha value is -1.26. The van der Waals surface area contributed by atoms with Crippen LogP contribution in [0.2, 0.25) is 0 Å². The van der Waals surface area contributed by atoms with E-state index in [4.69, 9.17) is 0 Å². The summed E-state index contributed by atoms with van der Waals surface area (Å²) in [5.74, 6) is 0. The predicted octanol–water partition coefficient (Wildman–Crippen LogP) is 2.95. The molecular weight excluding hydrogens is 244 g/mol. The second kappa shape index (κ2) is 4.78. The molecule has 1 atom stereocenters. The molecule has 1 aromatic carbocycles. The van der Waals surface area contributed by atoms with Gasteiger partial charge in [-0.1, -0.05) is 12.1 Å². The molecule has 1 heterocycles. The van der Waals surface area contributed by atoms with Gasteiger partial charge in [0.05, 0.1) is 10.4 Å². The van der Waals surface area contributed by atoms with Gasteiger partial charge >= 0.3 is 0 Å². The molecule has 0 fully saturated rings. The average Bonchev–Trinajstić information content (AvgIpc) is 2.27. The van der Waals surface area contributed by atoms with Gasteiger partial charge in [0.2, 0.25) is 0 Å². The Labute approximate surface area is 110 Å². The van der Waals surface area contributed by atoms with Gasteiger partial charge in [0.1, 0.15) is 11.0 Å². The molecule has 0 radical (unpaired) electrons. The van der Waals surface area contributed by atoms with Crippen molar-refractivity contribution in [1.29, 1.82) is 0 Å². The van der Waals surface area contributed by atoms with Crippen LogP contribution < -0.4 is 4.72 Å². The van der Waals surface area contributed by atoms with Crippen LogP contribution in [0.3, 0.4) is 0 Å². The van der Waals surface area contributed by atoms with Crippen LogP contribution in [0.4, 0.5) is 0 Å². The van der Waals surface area contributed by atoms with E-state index in [9.17, 15) is 4.21 Å². The lowest BCUT2D eigenvalue weighted by molar-refractivity contribution is 0.520. The van der Waals surface area contributed by atoms with Crippen molar-refractivity contribution in [2.45, 2.75) is 38.1 Å². The lowest BCUT2D eigenvalue weighted by Crippen LogP contribution is -2.37. The van der Waals surface area contributed by atoms with Crippen molar-refractivity contribution in [2.24, 2.45) is 0 Å². The lowest BCUT2D eigenvalue weighted by Gasteiger charge is -2.20. The monoisotopic (exact) mass is 262 g/mol. The van der Waals surface area contributed by atoms with Crippen LogP contribution >= 0.6 is 0 Å². The molecule has 96 valence electrons. The molecular formula is C14H18N2OS. The first-order valence-electron chi connectivity index (χ1n) is 5.92. The molecule has 0 aliphatic heterocycles. The minimum absolute atomic E-state index is 0.198. The quantitative estimate of drug-likeness (QED) is 0.904. The average molecular weight is 262 g/mol. The second-order valence-corrected chi connectivity index (χ2v) is 6.58. The van der Waals surface area contributed by atoms with Crippen LogP contribution in [-0.4, -0.2) is 14.7 Å². The molecule has 18 heavy (non-hydrogen) atoms. The molecule has 1 aromatic heterocycles. The van der Waals surface area contributed by atoms with Gasteiger partial charge in [-0.15, -0.1) is 0 Å². The van der Waals surface area contributed by atoms with Gasteiger partial charge in [0.15, 0.2) is 0 Å². The third kappa shape index (κ3) is 2.76.